The Morgan fingerprint density at radius 3 is 1.00 bits per heavy atom. The first-order chi connectivity index (χ1) is 0. The largest absolute Gasteiger partial charge is 0 e. The van der Waals surface area contributed by atoms with E-state index in [4.69, 9.17) is 0 Å². The minimum atomic E-state index is 0. The molecule has 0 nitrogen and oxygen atoms in total. The van der Waals surface area contributed by atoms with Crippen LogP contribution in [0.15, 0.2) is 0 Å². The van der Waals surface area contributed by atoms with Crippen LogP contribution in [-0.4, -0.2) is 17.6 Å². The summed E-state index contributed by atoms with van der Waals surface area (Å²) in [5.41, 5.74) is 0. The molecule has 0 saturated carbocycles. The van der Waals surface area contributed by atoms with Gasteiger partial charge in [-0.15, -0.1) is 0 Å². The fourth-order valence-electron chi connectivity index (χ4n) is 0. The van der Waals surface area contributed by atoms with Gasteiger partial charge in [-0.05, 0) is 0 Å². The number of hydrogen-bond acceptors (Lipinski definition) is 0. The maximum Gasteiger partial charge on any atom is 0 e. The molecular weight excluding hydrogens is 281 g/mol. The van der Waals surface area contributed by atoms with Gasteiger partial charge in [0.15, 0.2) is 0 Å². The van der Waals surface area contributed by atoms with Gasteiger partial charge in [-0.3, -0.25) is 0 Å². The summed E-state index contributed by atoms with van der Waals surface area (Å²) in [6.07, 6.45) is 0. The maximum absolute atomic E-state index is 0. The van der Waals surface area contributed by atoms with Gasteiger partial charge in [-0.1, -0.05) is 0 Å². The molecule has 1 unspecified atom stereocenters. The average molecular weight is 288 g/mol. The standard InChI is InChI=1S/Cd.GeH4.H3P.Zn/h;1H4;1H3;. The predicted octanol–water partition coefficient (Wildman–Crippen LogP) is -1.40. The Bertz CT molecular complexity index is 8.00. The number of rotatable bonds is 0. The summed E-state index contributed by atoms with van der Waals surface area (Å²) in [5, 5.41) is 0. The van der Waals surface area contributed by atoms with E-state index in [1.165, 1.54) is 0 Å². The van der Waals surface area contributed by atoms with Crippen LogP contribution < -0.4 is 0 Å². The van der Waals surface area contributed by atoms with Crippen LogP contribution in [0.25, 0.3) is 0 Å². The molecule has 20 valence electrons. The van der Waals surface area contributed by atoms with Gasteiger partial charge >= 0.3 is 17.6 Å². The third-order valence-corrected chi connectivity index (χ3v) is 0. The van der Waals surface area contributed by atoms with E-state index in [1.54, 1.807) is 0 Å². The summed E-state index contributed by atoms with van der Waals surface area (Å²) in [6.45, 7) is 0. The quantitative estimate of drug-likeness (QED) is 0.380. The third-order valence-electron chi connectivity index (χ3n) is 0. The fraction of sp³-hybridized carbons (Fsp3) is 0. The second-order valence-corrected chi connectivity index (χ2v) is 0. The SMILES string of the molecule is P.[Cd].[GeH4].[Zn]. The summed E-state index contributed by atoms with van der Waals surface area (Å²) in [7, 11) is 0. The van der Waals surface area contributed by atoms with Crippen LogP contribution in [0.5, 0.6) is 0 Å². The molecule has 0 rings (SSSR count). The van der Waals surface area contributed by atoms with Gasteiger partial charge in [0.2, 0.25) is 0 Å². The zero-order valence-corrected chi connectivity index (χ0v) is 10.5. The average Bonchev–Trinajstić information content (AvgIpc) is 0. The molecule has 0 aliphatic carbocycles. The van der Waals surface area contributed by atoms with E-state index < -0.39 is 0 Å². The summed E-state index contributed by atoms with van der Waals surface area (Å²) in [5.74, 6) is 0. The van der Waals surface area contributed by atoms with E-state index in [0.29, 0.717) is 0 Å². The van der Waals surface area contributed by atoms with Gasteiger partial charge in [-0.25, -0.2) is 0 Å². The van der Waals surface area contributed by atoms with Crippen LogP contribution in [-0.2, 0) is 46.8 Å². The van der Waals surface area contributed by atoms with Crippen molar-refractivity contribution in [3.8, 4) is 0 Å². The zero-order valence-electron chi connectivity index (χ0n) is 2.12. The van der Waals surface area contributed by atoms with Crippen molar-refractivity contribution in [3.63, 3.8) is 0 Å². The monoisotopic (exact) mass is 290 g/mol. The Labute approximate surface area is 73.4 Å². The fourth-order valence-corrected chi connectivity index (χ4v) is 0. The van der Waals surface area contributed by atoms with Crippen LogP contribution in [0.2, 0.25) is 0 Å². The molecule has 0 aromatic carbocycles. The Hall–Kier alpha value is 2.52. The van der Waals surface area contributed by atoms with Gasteiger partial charge in [0.05, 0.1) is 0 Å². The zero-order chi connectivity index (χ0) is 0. The molecule has 0 spiro atoms. The van der Waals surface area contributed by atoms with Gasteiger partial charge in [0.25, 0.3) is 0 Å². The minimum absolute atomic E-state index is 0. The molecule has 0 aromatic heterocycles. The molecular formula is H7CdGePZn. The molecule has 4 heavy (non-hydrogen) atoms. The van der Waals surface area contributed by atoms with E-state index in [1.807, 2.05) is 0 Å². The molecule has 0 fully saturated rings. The van der Waals surface area contributed by atoms with Crippen molar-refractivity contribution >= 4 is 27.5 Å². The van der Waals surface area contributed by atoms with E-state index in [-0.39, 0.29) is 74.3 Å². The summed E-state index contributed by atoms with van der Waals surface area (Å²) in [4.78, 5) is 0. The maximum atomic E-state index is 0. The van der Waals surface area contributed by atoms with Crippen molar-refractivity contribution in [2.75, 3.05) is 0 Å². The minimum Gasteiger partial charge on any atom is 0 e. The molecule has 0 amide bonds. The summed E-state index contributed by atoms with van der Waals surface area (Å²) >= 11 is 0. The Balaban J connectivity index is 0. The second-order valence-electron chi connectivity index (χ2n) is 0. The molecule has 0 saturated heterocycles. The first-order valence-corrected chi connectivity index (χ1v) is 0. The van der Waals surface area contributed by atoms with Crippen LogP contribution in [0.3, 0.4) is 0 Å². The molecule has 1 atom stereocenters. The Kier molecular flexibility index (Phi) is 139. The van der Waals surface area contributed by atoms with Gasteiger partial charge in [-0.2, -0.15) is 9.90 Å². The molecule has 0 radical (unpaired) electrons. The molecule has 0 heterocycles. The van der Waals surface area contributed by atoms with Crippen LogP contribution in [0.4, 0.5) is 0 Å². The van der Waals surface area contributed by atoms with Gasteiger partial charge < -0.3 is 0 Å². The van der Waals surface area contributed by atoms with Gasteiger partial charge in [0.1, 0.15) is 0 Å². The van der Waals surface area contributed by atoms with Crippen molar-refractivity contribution < 1.29 is 46.8 Å². The van der Waals surface area contributed by atoms with Crippen molar-refractivity contribution in [1.82, 2.24) is 0 Å². The van der Waals surface area contributed by atoms with Crippen LogP contribution >= 0.6 is 9.90 Å². The van der Waals surface area contributed by atoms with Crippen molar-refractivity contribution in [2.24, 2.45) is 0 Å². The smallest absolute Gasteiger partial charge is 0 e. The number of hydrogen-bond donors (Lipinski definition) is 0. The van der Waals surface area contributed by atoms with Crippen LogP contribution in [0.1, 0.15) is 0 Å². The van der Waals surface area contributed by atoms with Crippen LogP contribution in [0, 0.1) is 0 Å². The third kappa shape index (κ3) is 8.82. The first kappa shape index (κ1) is 31.3. The van der Waals surface area contributed by atoms with Crippen molar-refractivity contribution in [1.29, 1.82) is 0 Å². The normalized spacial score (nSPS) is 0. The van der Waals surface area contributed by atoms with Crippen molar-refractivity contribution in [3.05, 3.63) is 0 Å². The molecule has 0 aromatic rings. The Morgan fingerprint density at radius 1 is 1.00 bits per heavy atom. The van der Waals surface area contributed by atoms with E-state index in [0.717, 1.165) is 0 Å². The van der Waals surface area contributed by atoms with Gasteiger partial charge in [0, 0.05) is 46.8 Å². The Morgan fingerprint density at radius 2 is 1.00 bits per heavy atom. The van der Waals surface area contributed by atoms with E-state index in [2.05, 4.69) is 0 Å². The molecule has 0 N–H and O–H groups in total. The molecule has 0 aliphatic rings. The summed E-state index contributed by atoms with van der Waals surface area (Å²) in [6, 6.07) is 0. The predicted molar refractivity (Wildman–Crippen MR) is 22.4 cm³/mol. The second kappa shape index (κ2) is 17.8. The van der Waals surface area contributed by atoms with E-state index in [9.17, 15) is 0 Å². The molecule has 4 heteroatoms. The topological polar surface area (TPSA) is 0 Å². The molecule has 0 bridgehead atoms. The van der Waals surface area contributed by atoms with E-state index >= 15 is 0 Å². The summed E-state index contributed by atoms with van der Waals surface area (Å²) < 4.78 is 0. The molecule has 0 aliphatic heterocycles. The first-order valence-electron chi connectivity index (χ1n) is 0. The van der Waals surface area contributed by atoms with Crippen molar-refractivity contribution in [2.45, 2.75) is 0 Å².